The van der Waals surface area contributed by atoms with E-state index in [4.69, 9.17) is 9.73 Å². The summed E-state index contributed by atoms with van der Waals surface area (Å²) in [6.07, 6.45) is 3.87. The first-order valence-corrected chi connectivity index (χ1v) is 10.5. The van der Waals surface area contributed by atoms with Gasteiger partial charge in [0.05, 0.1) is 13.2 Å². The highest BCUT2D eigenvalue weighted by Crippen LogP contribution is 2.18. The fourth-order valence-corrected chi connectivity index (χ4v) is 3.34. The van der Waals surface area contributed by atoms with Gasteiger partial charge < -0.3 is 20.3 Å². The van der Waals surface area contributed by atoms with Crippen molar-refractivity contribution >= 4 is 29.9 Å². The molecule has 1 saturated heterocycles. The fourth-order valence-electron chi connectivity index (χ4n) is 3.34. The molecule has 28 heavy (non-hydrogen) atoms. The number of hydrogen-bond acceptors (Lipinski definition) is 3. The van der Waals surface area contributed by atoms with Gasteiger partial charge in [-0.3, -0.25) is 4.99 Å². The van der Waals surface area contributed by atoms with Gasteiger partial charge in [-0.2, -0.15) is 0 Å². The van der Waals surface area contributed by atoms with Crippen molar-refractivity contribution in [2.75, 3.05) is 46.4 Å². The van der Waals surface area contributed by atoms with E-state index >= 15 is 0 Å². The zero-order chi connectivity index (χ0) is 19.3. The van der Waals surface area contributed by atoms with E-state index in [2.05, 4.69) is 48.6 Å². The Morgan fingerprint density at radius 1 is 1.21 bits per heavy atom. The molecule has 2 rings (SSSR count). The minimum atomic E-state index is 0. The summed E-state index contributed by atoms with van der Waals surface area (Å²) < 4.78 is 5.83. The van der Waals surface area contributed by atoms with E-state index in [1.807, 2.05) is 18.2 Å². The average Bonchev–Trinajstić information content (AvgIpc) is 2.68. The van der Waals surface area contributed by atoms with Crippen LogP contribution in [0.25, 0.3) is 0 Å². The first-order chi connectivity index (χ1) is 13.2. The standard InChI is InChI=1S/C22H38N4O.HI/c1-4-23-22(24-13-10-20-11-14-26(3)15-12-20)25-16-19(2)17-27-18-21-8-6-5-7-9-21;/h5-9,19-20H,4,10-18H2,1-3H3,(H2,23,24,25);1H. The Kier molecular flexibility index (Phi) is 13.5. The molecule has 0 saturated carbocycles. The van der Waals surface area contributed by atoms with Gasteiger partial charge in [-0.05, 0) is 63.7 Å². The molecule has 1 aromatic carbocycles. The summed E-state index contributed by atoms with van der Waals surface area (Å²) in [4.78, 5) is 7.17. The van der Waals surface area contributed by atoms with Gasteiger partial charge >= 0.3 is 0 Å². The van der Waals surface area contributed by atoms with Gasteiger partial charge in [-0.15, -0.1) is 24.0 Å². The maximum Gasteiger partial charge on any atom is 0.191 e. The summed E-state index contributed by atoms with van der Waals surface area (Å²) in [7, 11) is 2.22. The molecule has 0 aromatic heterocycles. The van der Waals surface area contributed by atoms with E-state index in [0.717, 1.165) is 38.1 Å². The number of guanidine groups is 1. The summed E-state index contributed by atoms with van der Waals surface area (Å²) in [6, 6.07) is 10.3. The van der Waals surface area contributed by atoms with Crippen molar-refractivity contribution in [1.82, 2.24) is 15.5 Å². The van der Waals surface area contributed by atoms with E-state index in [9.17, 15) is 0 Å². The Morgan fingerprint density at radius 2 is 1.93 bits per heavy atom. The molecule has 0 radical (unpaired) electrons. The monoisotopic (exact) mass is 502 g/mol. The maximum atomic E-state index is 5.83. The van der Waals surface area contributed by atoms with Crippen LogP contribution >= 0.6 is 24.0 Å². The molecule has 0 bridgehead atoms. The third-order valence-corrected chi connectivity index (χ3v) is 5.10. The predicted octanol–water partition coefficient (Wildman–Crippen LogP) is 3.74. The molecular weight excluding hydrogens is 463 g/mol. The number of likely N-dealkylation sites (tertiary alicyclic amines) is 1. The first-order valence-electron chi connectivity index (χ1n) is 10.5. The lowest BCUT2D eigenvalue weighted by Crippen LogP contribution is -2.39. The molecule has 0 amide bonds. The molecule has 0 aliphatic carbocycles. The van der Waals surface area contributed by atoms with Crippen molar-refractivity contribution in [3.63, 3.8) is 0 Å². The zero-order valence-corrected chi connectivity index (χ0v) is 20.2. The third-order valence-electron chi connectivity index (χ3n) is 5.10. The number of nitrogens with zero attached hydrogens (tertiary/aromatic N) is 2. The van der Waals surface area contributed by atoms with E-state index < -0.39 is 0 Å². The summed E-state index contributed by atoms with van der Waals surface area (Å²) in [5.74, 6) is 2.18. The number of halogens is 1. The lowest BCUT2D eigenvalue weighted by atomic mass is 9.94. The highest BCUT2D eigenvalue weighted by atomic mass is 127. The second kappa shape index (κ2) is 15.0. The Morgan fingerprint density at radius 3 is 2.61 bits per heavy atom. The van der Waals surface area contributed by atoms with Crippen molar-refractivity contribution in [1.29, 1.82) is 0 Å². The number of ether oxygens (including phenoxy) is 1. The van der Waals surface area contributed by atoms with Crippen LogP contribution < -0.4 is 10.6 Å². The molecule has 1 aliphatic rings. The lowest BCUT2D eigenvalue weighted by molar-refractivity contribution is 0.0945. The molecule has 2 N–H and O–H groups in total. The topological polar surface area (TPSA) is 48.9 Å². The third kappa shape index (κ3) is 10.6. The molecule has 1 fully saturated rings. The molecule has 1 aliphatic heterocycles. The Labute approximate surface area is 188 Å². The van der Waals surface area contributed by atoms with Crippen molar-refractivity contribution in [3.05, 3.63) is 35.9 Å². The van der Waals surface area contributed by atoms with Crippen LogP contribution in [0.2, 0.25) is 0 Å². The molecule has 1 atom stereocenters. The second-order valence-electron chi connectivity index (χ2n) is 7.79. The van der Waals surface area contributed by atoms with E-state index in [0.29, 0.717) is 12.5 Å². The number of aliphatic imine (C=N–C) groups is 1. The van der Waals surface area contributed by atoms with E-state index in [1.54, 1.807) is 0 Å². The molecule has 160 valence electrons. The number of piperidine rings is 1. The van der Waals surface area contributed by atoms with Crippen LogP contribution in [0.15, 0.2) is 35.3 Å². The molecule has 6 heteroatoms. The number of rotatable bonds is 10. The van der Waals surface area contributed by atoms with Crippen LogP contribution in [0.4, 0.5) is 0 Å². The summed E-state index contributed by atoms with van der Waals surface area (Å²) in [5, 5.41) is 6.86. The minimum absolute atomic E-state index is 0. The van der Waals surface area contributed by atoms with Gasteiger partial charge in [-0.1, -0.05) is 37.3 Å². The molecule has 5 nitrogen and oxygen atoms in total. The average molecular weight is 502 g/mol. The first kappa shape index (κ1) is 25.2. The Hall–Kier alpha value is -0.860. The number of hydrogen-bond donors (Lipinski definition) is 2. The van der Waals surface area contributed by atoms with Gasteiger partial charge in [0.1, 0.15) is 0 Å². The fraction of sp³-hybridized carbons (Fsp3) is 0.682. The van der Waals surface area contributed by atoms with E-state index in [1.165, 1.54) is 37.9 Å². The van der Waals surface area contributed by atoms with Crippen molar-refractivity contribution < 1.29 is 4.74 Å². The van der Waals surface area contributed by atoms with Gasteiger partial charge in [0.15, 0.2) is 5.96 Å². The van der Waals surface area contributed by atoms with Gasteiger partial charge in [0.25, 0.3) is 0 Å². The molecule has 0 spiro atoms. The minimum Gasteiger partial charge on any atom is -0.376 e. The van der Waals surface area contributed by atoms with Crippen LogP contribution in [-0.2, 0) is 11.3 Å². The highest BCUT2D eigenvalue weighted by Gasteiger charge is 2.16. The van der Waals surface area contributed by atoms with Crippen LogP contribution in [0.1, 0.15) is 38.7 Å². The quantitative estimate of drug-likeness (QED) is 0.291. The smallest absolute Gasteiger partial charge is 0.191 e. The van der Waals surface area contributed by atoms with Crippen LogP contribution in [0.3, 0.4) is 0 Å². The molecular formula is C22H39IN4O. The van der Waals surface area contributed by atoms with Gasteiger partial charge in [-0.25, -0.2) is 0 Å². The predicted molar refractivity (Wildman–Crippen MR) is 129 cm³/mol. The van der Waals surface area contributed by atoms with Crippen molar-refractivity contribution in [3.8, 4) is 0 Å². The second-order valence-corrected chi connectivity index (χ2v) is 7.79. The maximum absolute atomic E-state index is 5.83. The summed E-state index contributed by atoms with van der Waals surface area (Å²) in [5.41, 5.74) is 1.22. The molecule has 1 unspecified atom stereocenters. The number of benzene rings is 1. The Bertz CT molecular complexity index is 533. The van der Waals surface area contributed by atoms with Crippen LogP contribution in [-0.4, -0.2) is 57.2 Å². The number of nitrogens with one attached hydrogen (secondary N) is 2. The molecule has 1 aromatic rings. The van der Waals surface area contributed by atoms with Gasteiger partial charge in [0.2, 0.25) is 0 Å². The lowest BCUT2D eigenvalue weighted by Gasteiger charge is -2.29. The zero-order valence-electron chi connectivity index (χ0n) is 17.8. The largest absolute Gasteiger partial charge is 0.376 e. The molecule has 1 heterocycles. The normalized spacial score (nSPS) is 17.0. The van der Waals surface area contributed by atoms with Crippen LogP contribution in [0, 0.1) is 11.8 Å². The van der Waals surface area contributed by atoms with Crippen molar-refractivity contribution in [2.24, 2.45) is 16.8 Å². The van der Waals surface area contributed by atoms with Crippen LogP contribution in [0.5, 0.6) is 0 Å². The Balaban J connectivity index is 0.00000392. The highest BCUT2D eigenvalue weighted by molar-refractivity contribution is 14.0. The summed E-state index contributed by atoms with van der Waals surface area (Å²) >= 11 is 0. The van der Waals surface area contributed by atoms with Gasteiger partial charge in [0, 0.05) is 19.6 Å². The SMILES string of the molecule is CCNC(=NCC(C)COCc1ccccc1)NCCC1CCN(C)CC1.I. The summed E-state index contributed by atoms with van der Waals surface area (Å²) in [6.45, 7) is 10.8. The van der Waals surface area contributed by atoms with Crippen molar-refractivity contribution in [2.45, 2.75) is 39.7 Å². The van der Waals surface area contributed by atoms with E-state index in [-0.39, 0.29) is 24.0 Å².